The van der Waals surface area contributed by atoms with Gasteiger partial charge in [-0.25, -0.2) is 0 Å². The van der Waals surface area contributed by atoms with Gasteiger partial charge in [0.15, 0.2) is 5.76 Å². The Hall–Kier alpha value is -1.36. The van der Waals surface area contributed by atoms with E-state index in [1.807, 2.05) is 19.9 Å². The van der Waals surface area contributed by atoms with Gasteiger partial charge in [0.2, 0.25) is 0 Å². The summed E-state index contributed by atoms with van der Waals surface area (Å²) < 4.78 is 10.3. The minimum atomic E-state index is -0.135. The highest BCUT2D eigenvalue weighted by atomic mass is 16.5. The molecule has 1 aliphatic rings. The van der Waals surface area contributed by atoms with E-state index in [2.05, 4.69) is 10.1 Å². The van der Waals surface area contributed by atoms with Crippen molar-refractivity contribution in [3.8, 4) is 0 Å². The molecule has 0 aromatic carbocycles. The van der Waals surface area contributed by atoms with Gasteiger partial charge >= 0.3 is 5.97 Å². The SMILES string of the molecule is CCOC(=O)C1CCCCN1Cc1cc(C)no1. The van der Waals surface area contributed by atoms with Crippen molar-refractivity contribution < 1.29 is 14.1 Å². The first-order chi connectivity index (χ1) is 8.70. The number of likely N-dealkylation sites (tertiary alicyclic amines) is 1. The van der Waals surface area contributed by atoms with Crippen molar-refractivity contribution in [3.05, 3.63) is 17.5 Å². The lowest BCUT2D eigenvalue weighted by molar-refractivity contribution is -0.151. The molecular formula is C13H20N2O3. The molecule has 5 nitrogen and oxygen atoms in total. The van der Waals surface area contributed by atoms with Gasteiger partial charge in [0.1, 0.15) is 6.04 Å². The van der Waals surface area contributed by atoms with Crippen LogP contribution >= 0.6 is 0 Å². The van der Waals surface area contributed by atoms with Crippen LogP contribution in [0.25, 0.3) is 0 Å². The number of nitrogens with zero attached hydrogens (tertiary/aromatic N) is 2. The average molecular weight is 252 g/mol. The Balaban J connectivity index is 2.01. The molecule has 0 saturated carbocycles. The summed E-state index contributed by atoms with van der Waals surface area (Å²) in [7, 11) is 0. The van der Waals surface area contributed by atoms with Crippen molar-refractivity contribution in [2.24, 2.45) is 0 Å². The fraction of sp³-hybridized carbons (Fsp3) is 0.692. The number of esters is 1. The van der Waals surface area contributed by atoms with Crippen LogP contribution in [0.3, 0.4) is 0 Å². The van der Waals surface area contributed by atoms with E-state index >= 15 is 0 Å². The van der Waals surface area contributed by atoms with E-state index in [4.69, 9.17) is 9.26 Å². The van der Waals surface area contributed by atoms with Crippen LogP contribution in [0.1, 0.15) is 37.6 Å². The monoisotopic (exact) mass is 252 g/mol. The number of rotatable bonds is 4. The lowest BCUT2D eigenvalue weighted by Gasteiger charge is -2.32. The number of carbonyl (C=O) groups is 1. The minimum Gasteiger partial charge on any atom is -0.465 e. The van der Waals surface area contributed by atoms with E-state index in [9.17, 15) is 4.79 Å². The number of piperidine rings is 1. The van der Waals surface area contributed by atoms with Gasteiger partial charge in [-0.3, -0.25) is 9.69 Å². The number of hydrogen-bond donors (Lipinski definition) is 0. The third-order valence-corrected chi connectivity index (χ3v) is 3.21. The Kier molecular flexibility index (Phi) is 4.36. The predicted molar refractivity (Wildman–Crippen MR) is 65.9 cm³/mol. The minimum absolute atomic E-state index is 0.117. The molecule has 1 fully saturated rings. The quantitative estimate of drug-likeness (QED) is 0.766. The van der Waals surface area contributed by atoms with Gasteiger partial charge in [0, 0.05) is 6.07 Å². The maximum absolute atomic E-state index is 11.9. The molecule has 0 spiro atoms. The Morgan fingerprint density at radius 3 is 3.11 bits per heavy atom. The second-order valence-corrected chi connectivity index (χ2v) is 4.67. The summed E-state index contributed by atoms with van der Waals surface area (Å²) in [5.74, 6) is 0.692. The Morgan fingerprint density at radius 1 is 1.61 bits per heavy atom. The fourth-order valence-corrected chi connectivity index (χ4v) is 2.38. The van der Waals surface area contributed by atoms with E-state index in [0.717, 1.165) is 37.3 Å². The van der Waals surface area contributed by atoms with E-state index in [-0.39, 0.29) is 12.0 Å². The highest BCUT2D eigenvalue weighted by molar-refractivity contribution is 5.75. The molecule has 100 valence electrons. The van der Waals surface area contributed by atoms with Crippen molar-refractivity contribution >= 4 is 5.97 Å². The van der Waals surface area contributed by atoms with Gasteiger partial charge in [-0.2, -0.15) is 0 Å². The second kappa shape index (κ2) is 6.00. The molecule has 0 bridgehead atoms. The van der Waals surface area contributed by atoms with E-state index in [0.29, 0.717) is 13.2 Å². The first kappa shape index (κ1) is 13.1. The van der Waals surface area contributed by atoms with Gasteiger partial charge in [-0.1, -0.05) is 11.6 Å². The summed E-state index contributed by atoms with van der Waals surface area (Å²) in [6.45, 7) is 5.70. The molecule has 1 unspecified atom stereocenters. The summed E-state index contributed by atoms with van der Waals surface area (Å²) in [5.41, 5.74) is 0.870. The summed E-state index contributed by atoms with van der Waals surface area (Å²) in [6, 6.07) is 1.78. The van der Waals surface area contributed by atoms with Crippen molar-refractivity contribution in [2.45, 2.75) is 45.7 Å². The zero-order chi connectivity index (χ0) is 13.0. The highest BCUT2D eigenvalue weighted by Crippen LogP contribution is 2.21. The van der Waals surface area contributed by atoms with E-state index < -0.39 is 0 Å². The van der Waals surface area contributed by atoms with Gasteiger partial charge in [0.25, 0.3) is 0 Å². The van der Waals surface area contributed by atoms with Crippen LogP contribution in [0, 0.1) is 6.92 Å². The molecule has 1 saturated heterocycles. The van der Waals surface area contributed by atoms with Crippen LogP contribution in [-0.4, -0.2) is 35.2 Å². The molecule has 0 aliphatic carbocycles. The maximum Gasteiger partial charge on any atom is 0.323 e. The smallest absolute Gasteiger partial charge is 0.323 e. The van der Waals surface area contributed by atoms with E-state index in [1.54, 1.807) is 0 Å². The number of aromatic nitrogens is 1. The first-order valence-corrected chi connectivity index (χ1v) is 6.53. The normalized spacial score (nSPS) is 20.9. The molecule has 1 aromatic heterocycles. The lowest BCUT2D eigenvalue weighted by Crippen LogP contribution is -2.44. The average Bonchev–Trinajstić information content (AvgIpc) is 2.76. The predicted octanol–water partition coefficient (Wildman–Crippen LogP) is 1.90. The van der Waals surface area contributed by atoms with Crippen LogP contribution in [-0.2, 0) is 16.1 Å². The zero-order valence-electron chi connectivity index (χ0n) is 11.0. The highest BCUT2D eigenvalue weighted by Gasteiger charge is 2.30. The maximum atomic E-state index is 11.9. The lowest BCUT2D eigenvalue weighted by atomic mass is 10.0. The van der Waals surface area contributed by atoms with Crippen LogP contribution in [0.15, 0.2) is 10.6 Å². The summed E-state index contributed by atoms with van der Waals surface area (Å²) in [5, 5.41) is 3.87. The summed E-state index contributed by atoms with van der Waals surface area (Å²) in [4.78, 5) is 14.0. The van der Waals surface area contributed by atoms with Crippen molar-refractivity contribution in [3.63, 3.8) is 0 Å². The van der Waals surface area contributed by atoms with Gasteiger partial charge in [-0.05, 0) is 33.2 Å². The fourth-order valence-electron chi connectivity index (χ4n) is 2.38. The molecule has 18 heavy (non-hydrogen) atoms. The van der Waals surface area contributed by atoms with Gasteiger partial charge < -0.3 is 9.26 Å². The summed E-state index contributed by atoms with van der Waals surface area (Å²) in [6.07, 6.45) is 3.06. The summed E-state index contributed by atoms with van der Waals surface area (Å²) >= 11 is 0. The van der Waals surface area contributed by atoms with Crippen LogP contribution < -0.4 is 0 Å². The Labute approximate surface area is 107 Å². The van der Waals surface area contributed by atoms with E-state index in [1.165, 1.54) is 0 Å². The number of ether oxygens (including phenoxy) is 1. The standard InChI is InChI=1S/C13H20N2O3/c1-3-17-13(16)12-6-4-5-7-15(12)9-11-8-10(2)14-18-11/h8,12H,3-7,9H2,1-2H3. The molecule has 1 aromatic rings. The molecule has 5 heteroatoms. The number of carbonyl (C=O) groups excluding carboxylic acids is 1. The Morgan fingerprint density at radius 2 is 2.44 bits per heavy atom. The number of aryl methyl sites for hydroxylation is 1. The molecule has 0 amide bonds. The molecule has 1 aliphatic heterocycles. The zero-order valence-corrected chi connectivity index (χ0v) is 11.0. The van der Waals surface area contributed by atoms with Crippen molar-refractivity contribution in [2.75, 3.05) is 13.2 Å². The second-order valence-electron chi connectivity index (χ2n) is 4.67. The number of hydrogen-bond acceptors (Lipinski definition) is 5. The molecule has 1 atom stereocenters. The molecule has 0 radical (unpaired) electrons. The molecule has 2 rings (SSSR count). The first-order valence-electron chi connectivity index (χ1n) is 6.53. The Bertz CT molecular complexity index is 403. The van der Waals surface area contributed by atoms with Gasteiger partial charge in [0.05, 0.1) is 18.8 Å². The van der Waals surface area contributed by atoms with Gasteiger partial charge in [-0.15, -0.1) is 0 Å². The molecular weight excluding hydrogens is 232 g/mol. The largest absolute Gasteiger partial charge is 0.465 e. The van der Waals surface area contributed by atoms with Crippen molar-refractivity contribution in [1.82, 2.24) is 10.1 Å². The third kappa shape index (κ3) is 3.10. The molecule has 2 heterocycles. The van der Waals surface area contributed by atoms with Crippen LogP contribution in [0.2, 0.25) is 0 Å². The van der Waals surface area contributed by atoms with Crippen molar-refractivity contribution in [1.29, 1.82) is 0 Å². The van der Waals surface area contributed by atoms with Crippen LogP contribution in [0.4, 0.5) is 0 Å². The molecule has 0 N–H and O–H groups in total. The topological polar surface area (TPSA) is 55.6 Å². The third-order valence-electron chi connectivity index (χ3n) is 3.21. The van der Waals surface area contributed by atoms with Crippen LogP contribution in [0.5, 0.6) is 0 Å².